The molecule has 19 heteroatoms. The van der Waals surface area contributed by atoms with Crippen LogP contribution in [-0.4, -0.2) is 115 Å². The summed E-state index contributed by atoms with van der Waals surface area (Å²) >= 11 is 1.25. The Kier molecular flexibility index (Phi) is 10.0. The van der Waals surface area contributed by atoms with E-state index in [-0.39, 0.29) is 27.6 Å². The Labute approximate surface area is 282 Å². The van der Waals surface area contributed by atoms with E-state index in [9.17, 15) is 41.1 Å². The van der Waals surface area contributed by atoms with Gasteiger partial charge < -0.3 is 21.5 Å². The van der Waals surface area contributed by atoms with Crippen molar-refractivity contribution in [2.45, 2.75) is 51.9 Å². The van der Waals surface area contributed by atoms with Gasteiger partial charge in [0.05, 0.1) is 26.3 Å². The zero-order valence-electron chi connectivity index (χ0n) is 27.0. The van der Waals surface area contributed by atoms with Crippen LogP contribution < -0.4 is 16.4 Å². The third kappa shape index (κ3) is 6.51. The highest BCUT2D eigenvalue weighted by molar-refractivity contribution is 8.01. The monoisotopic (exact) mass is 723 g/mol. The molecular weight excluding hydrogens is 687 g/mol. The Morgan fingerprint density at radius 1 is 1.02 bits per heavy atom. The average molecular weight is 724 g/mol. The fourth-order valence-corrected chi connectivity index (χ4v) is 9.03. The summed E-state index contributed by atoms with van der Waals surface area (Å²) in [5, 5.41) is 15.0. The lowest BCUT2D eigenvalue weighted by Gasteiger charge is -2.46. The van der Waals surface area contributed by atoms with Crippen molar-refractivity contribution >= 4 is 61.3 Å². The highest BCUT2D eigenvalue weighted by atomic mass is 32.2. The number of sulfonamides is 2. The number of nitrogens with two attached hydrogens (primary N) is 1. The second-order valence-corrected chi connectivity index (χ2v) is 18.0. The molecule has 3 atom stereocenters. The summed E-state index contributed by atoms with van der Waals surface area (Å²) in [4.78, 5) is 56.7. The topological polar surface area (TPSA) is 229 Å². The van der Waals surface area contributed by atoms with Crippen LogP contribution in [0.5, 0.6) is 0 Å². The summed E-state index contributed by atoms with van der Waals surface area (Å²) in [5.74, 6) is -3.97. The Balaban J connectivity index is 1.65. The Morgan fingerprint density at radius 3 is 2.04 bits per heavy atom. The minimum absolute atomic E-state index is 0.0957. The molecular formula is C29H37N7O9S3. The number of carboxylic acid groups (broad SMARTS) is 1. The molecule has 260 valence electrons. The normalized spacial score (nSPS) is 21.4. The average Bonchev–Trinajstić information content (AvgIpc) is 3.19. The number of hydrogen-bond acceptors (Lipinski definition) is 10. The van der Waals surface area contributed by atoms with Crippen molar-refractivity contribution in [2.75, 3.05) is 34.7 Å². The summed E-state index contributed by atoms with van der Waals surface area (Å²) in [6.07, 6.45) is 0.129. The van der Waals surface area contributed by atoms with Gasteiger partial charge in [0.15, 0.2) is 0 Å². The first kappa shape index (κ1) is 36.8. The SMILES string of the molecule is CN(C)S(=O)(=O)c1cc(C(N)=NCC(=O)NC(C(=O)N[C@@]2(C(=O)O)N3C(=O)C[C@H]3SC2(C)C)c2ccccc2)cc(S(=O)(=O)N(C)C)c1. The zero-order valence-corrected chi connectivity index (χ0v) is 29.4. The summed E-state index contributed by atoms with van der Waals surface area (Å²) < 4.78 is 52.3. The molecule has 2 aliphatic heterocycles. The molecule has 0 radical (unpaired) electrons. The van der Waals surface area contributed by atoms with Crippen LogP contribution >= 0.6 is 11.8 Å². The predicted octanol–water partition coefficient (Wildman–Crippen LogP) is -0.269. The highest BCUT2D eigenvalue weighted by Crippen LogP contribution is 2.55. The third-order valence-electron chi connectivity index (χ3n) is 8.01. The van der Waals surface area contributed by atoms with Crippen molar-refractivity contribution in [3.8, 4) is 0 Å². The fourth-order valence-electron chi connectivity index (χ4n) is 5.32. The minimum atomic E-state index is -4.12. The first-order valence-corrected chi connectivity index (χ1v) is 18.1. The smallest absolute Gasteiger partial charge is 0.352 e. The van der Waals surface area contributed by atoms with Crippen LogP contribution in [0.3, 0.4) is 0 Å². The molecule has 48 heavy (non-hydrogen) atoms. The molecule has 5 N–H and O–H groups in total. The number of benzene rings is 2. The molecule has 4 rings (SSSR count). The van der Waals surface area contributed by atoms with Crippen LogP contribution in [0.15, 0.2) is 63.3 Å². The molecule has 0 spiro atoms. The van der Waals surface area contributed by atoms with Gasteiger partial charge in [0.25, 0.3) is 0 Å². The van der Waals surface area contributed by atoms with E-state index >= 15 is 0 Å². The van der Waals surface area contributed by atoms with E-state index in [1.165, 1.54) is 40.0 Å². The fraction of sp³-hybridized carbons (Fsp3) is 0.414. The van der Waals surface area contributed by atoms with Crippen LogP contribution in [0.25, 0.3) is 0 Å². The van der Waals surface area contributed by atoms with Gasteiger partial charge in [0, 0.05) is 33.8 Å². The van der Waals surface area contributed by atoms with E-state index in [4.69, 9.17) is 5.73 Å². The van der Waals surface area contributed by atoms with Gasteiger partial charge in [-0.2, -0.15) is 0 Å². The molecule has 0 aliphatic carbocycles. The van der Waals surface area contributed by atoms with E-state index in [0.717, 1.165) is 31.7 Å². The first-order valence-electron chi connectivity index (χ1n) is 14.4. The third-order valence-corrected chi connectivity index (χ3v) is 13.1. The number of β-lactam (4-membered cyclic amide) rings is 1. The summed E-state index contributed by atoms with van der Waals surface area (Å²) in [6, 6.07) is 9.81. The number of carboxylic acids is 1. The Morgan fingerprint density at radius 2 is 1.56 bits per heavy atom. The Hall–Kier alpha value is -4.04. The first-order chi connectivity index (χ1) is 22.2. The minimum Gasteiger partial charge on any atom is -0.478 e. The van der Waals surface area contributed by atoms with Gasteiger partial charge >= 0.3 is 5.97 Å². The lowest BCUT2D eigenvalue weighted by Crippen LogP contribution is -2.75. The molecule has 2 aromatic rings. The van der Waals surface area contributed by atoms with E-state index in [2.05, 4.69) is 15.6 Å². The van der Waals surface area contributed by atoms with E-state index in [1.54, 1.807) is 44.2 Å². The summed E-state index contributed by atoms with van der Waals surface area (Å²) in [6.45, 7) is 2.54. The van der Waals surface area contributed by atoms with Gasteiger partial charge in [-0.05, 0) is 37.6 Å². The molecule has 2 aliphatic rings. The van der Waals surface area contributed by atoms with Crippen molar-refractivity contribution in [3.63, 3.8) is 0 Å². The number of hydrogen-bond donors (Lipinski definition) is 4. The van der Waals surface area contributed by atoms with Crippen molar-refractivity contribution in [2.24, 2.45) is 10.7 Å². The van der Waals surface area contributed by atoms with Gasteiger partial charge in [0.1, 0.15) is 18.4 Å². The van der Waals surface area contributed by atoms with Crippen molar-refractivity contribution in [3.05, 3.63) is 59.7 Å². The molecule has 2 fully saturated rings. The molecule has 2 heterocycles. The van der Waals surface area contributed by atoms with Gasteiger partial charge in [-0.3, -0.25) is 24.3 Å². The number of nitrogens with zero attached hydrogens (tertiary/aromatic N) is 4. The molecule has 2 aromatic carbocycles. The molecule has 1 unspecified atom stereocenters. The number of amides is 3. The summed E-state index contributed by atoms with van der Waals surface area (Å²) in [5.41, 5.74) is 4.23. The molecule has 0 aromatic heterocycles. The van der Waals surface area contributed by atoms with Crippen molar-refractivity contribution in [1.29, 1.82) is 0 Å². The van der Waals surface area contributed by atoms with Gasteiger partial charge in [-0.15, -0.1) is 11.8 Å². The van der Waals surface area contributed by atoms with E-state index in [0.29, 0.717) is 5.56 Å². The van der Waals surface area contributed by atoms with Crippen LogP contribution in [0.1, 0.15) is 37.4 Å². The molecule has 0 bridgehead atoms. The maximum atomic E-state index is 13.8. The van der Waals surface area contributed by atoms with E-state index < -0.39 is 72.1 Å². The predicted molar refractivity (Wildman–Crippen MR) is 177 cm³/mol. The van der Waals surface area contributed by atoms with Gasteiger partial charge in [-0.25, -0.2) is 30.2 Å². The second-order valence-electron chi connectivity index (χ2n) is 11.9. The maximum Gasteiger partial charge on any atom is 0.352 e. The zero-order chi connectivity index (χ0) is 36.0. The summed E-state index contributed by atoms with van der Waals surface area (Å²) in [7, 11) is -3.15. The van der Waals surface area contributed by atoms with Gasteiger partial charge in [0.2, 0.25) is 43.4 Å². The molecule has 2 saturated heterocycles. The van der Waals surface area contributed by atoms with Crippen molar-refractivity contribution in [1.82, 2.24) is 24.1 Å². The number of carbonyl (C=O) groups excluding carboxylic acids is 3. The molecule has 3 amide bonds. The van der Waals surface area contributed by atoms with Gasteiger partial charge in [-0.1, -0.05) is 30.3 Å². The maximum absolute atomic E-state index is 13.8. The Bertz CT molecular complexity index is 1840. The number of thioether (sulfide) groups is 1. The van der Waals surface area contributed by atoms with Crippen molar-refractivity contribution < 1.29 is 41.1 Å². The number of aliphatic carboxylic acids is 1. The van der Waals surface area contributed by atoms with Crippen LogP contribution in [0.2, 0.25) is 0 Å². The van der Waals surface area contributed by atoms with E-state index in [1.807, 2.05) is 0 Å². The number of rotatable bonds is 12. The molecule has 16 nitrogen and oxygen atoms in total. The standard InChI is InChI=1S/C29H37N7O9S3/c1-28(2)29(27(40)41,36-22(38)15-23(36)46-28)33-26(39)24(17-10-8-7-9-11-17)32-21(37)16-31-25(30)18-12-19(47(42,43)34(3)4)14-20(13-18)48(44,45)35(5)6/h7-14,23-24H,15-16H2,1-6H3,(H2,30,31)(H,32,37)(H,33,39)(H,40,41)/t23-,24?,29+/m1/s1. The lowest BCUT2D eigenvalue weighted by atomic mass is 9.89. The van der Waals surface area contributed by atoms with Crippen LogP contribution in [-0.2, 0) is 39.2 Å². The quantitative estimate of drug-likeness (QED) is 0.127. The van der Waals surface area contributed by atoms with Crippen LogP contribution in [0, 0.1) is 0 Å². The number of aliphatic imine (C=N–C) groups is 1. The number of carbonyl (C=O) groups is 4. The van der Waals surface area contributed by atoms with Crippen LogP contribution in [0.4, 0.5) is 0 Å². The second kappa shape index (κ2) is 13.1. The number of amidine groups is 1. The largest absolute Gasteiger partial charge is 0.478 e. The number of nitrogens with one attached hydrogen (secondary N) is 2. The molecule has 0 saturated carbocycles. The highest BCUT2D eigenvalue weighted by Gasteiger charge is 2.70. The lowest BCUT2D eigenvalue weighted by molar-refractivity contribution is -0.173. The number of fused-ring (bicyclic) bond motifs is 1.